The molecule has 162 valence electrons. The number of halogens is 3. The molecule has 0 bridgehead atoms. The normalized spacial score (nSPS) is 12.3. The second-order valence-electron chi connectivity index (χ2n) is 6.75. The predicted octanol–water partition coefficient (Wildman–Crippen LogP) is 4.79. The minimum Gasteiger partial charge on any atom is -0.484 e. The summed E-state index contributed by atoms with van der Waals surface area (Å²) in [4.78, 5) is 25.0. The lowest BCUT2D eigenvalue weighted by molar-refractivity contribution is -0.137. The van der Waals surface area contributed by atoms with Gasteiger partial charge in [0, 0.05) is 15.3 Å². The van der Waals surface area contributed by atoms with Gasteiger partial charge in [-0.2, -0.15) is 13.2 Å². The highest BCUT2D eigenvalue weighted by molar-refractivity contribution is 7.15. The van der Waals surface area contributed by atoms with Crippen molar-refractivity contribution in [2.75, 3.05) is 6.61 Å². The van der Waals surface area contributed by atoms with Crippen molar-refractivity contribution in [3.63, 3.8) is 0 Å². The summed E-state index contributed by atoms with van der Waals surface area (Å²) in [7, 11) is 0. The largest absolute Gasteiger partial charge is 0.484 e. The molecule has 0 aliphatic heterocycles. The van der Waals surface area contributed by atoms with Gasteiger partial charge in [0.1, 0.15) is 5.75 Å². The summed E-state index contributed by atoms with van der Waals surface area (Å²) in [6, 6.07) is 14.5. The van der Waals surface area contributed by atoms with Gasteiger partial charge in [0.05, 0.1) is 11.6 Å². The third kappa shape index (κ3) is 5.85. The number of carbonyl (C=O) groups is 2. The van der Waals surface area contributed by atoms with Crippen molar-refractivity contribution in [2.45, 2.75) is 19.1 Å². The highest BCUT2D eigenvalue weighted by Gasteiger charge is 2.30. The van der Waals surface area contributed by atoms with E-state index in [2.05, 4.69) is 5.32 Å². The van der Waals surface area contributed by atoms with Crippen LogP contribution in [0.5, 0.6) is 5.75 Å². The van der Waals surface area contributed by atoms with Gasteiger partial charge in [-0.25, -0.2) is 0 Å². The summed E-state index contributed by atoms with van der Waals surface area (Å²) in [6.07, 6.45) is -4.37. The van der Waals surface area contributed by atoms with Crippen LogP contribution in [-0.2, 0) is 11.0 Å². The molecule has 2 aromatic carbocycles. The number of thiophene rings is 1. The Kier molecular flexibility index (Phi) is 6.65. The first-order chi connectivity index (χ1) is 14.6. The minimum atomic E-state index is -4.37. The maximum Gasteiger partial charge on any atom is 0.416 e. The third-order valence-corrected chi connectivity index (χ3v) is 5.73. The molecular formula is C22H19F3N2O3S. The van der Waals surface area contributed by atoms with Crippen molar-refractivity contribution in [3.05, 3.63) is 76.7 Å². The first-order valence-corrected chi connectivity index (χ1v) is 10.0. The average molecular weight is 448 g/mol. The fourth-order valence-corrected chi connectivity index (χ4v) is 3.82. The molecule has 9 heteroatoms. The van der Waals surface area contributed by atoms with E-state index in [1.54, 1.807) is 31.2 Å². The fraction of sp³-hybridized carbons (Fsp3) is 0.182. The Morgan fingerprint density at radius 3 is 2.45 bits per heavy atom. The van der Waals surface area contributed by atoms with Crippen molar-refractivity contribution in [1.82, 2.24) is 5.32 Å². The van der Waals surface area contributed by atoms with E-state index in [9.17, 15) is 22.8 Å². The van der Waals surface area contributed by atoms with Gasteiger partial charge < -0.3 is 15.8 Å². The average Bonchev–Trinajstić information content (AvgIpc) is 3.22. The SMILES string of the molecule is CC(NC(=O)COc1cccc(C(N)=O)c1)c1ccc(-c2ccc(C(F)(F)F)cc2)s1. The molecule has 1 aromatic heterocycles. The van der Waals surface area contributed by atoms with Crippen molar-refractivity contribution < 1.29 is 27.5 Å². The van der Waals surface area contributed by atoms with Gasteiger partial charge >= 0.3 is 6.18 Å². The zero-order valence-electron chi connectivity index (χ0n) is 16.4. The maximum absolute atomic E-state index is 12.7. The summed E-state index contributed by atoms with van der Waals surface area (Å²) in [5, 5.41) is 2.80. The summed E-state index contributed by atoms with van der Waals surface area (Å²) in [6.45, 7) is 1.55. The van der Waals surface area contributed by atoms with Crippen molar-refractivity contribution in [2.24, 2.45) is 5.73 Å². The summed E-state index contributed by atoms with van der Waals surface area (Å²) in [5.74, 6) is -0.605. The lowest BCUT2D eigenvalue weighted by Gasteiger charge is -2.13. The Labute approximate surface area is 180 Å². The summed E-state index contributed by atoms with van der Waals surface area (Å²) < 4.78 is 43.5. The van der Waals surface area contributed by atoms with Gasteiger partial charge in [-0.05, 0) is 55.0 Å². The number of carbonyl (C=O) groups excluding carboxylic acids is 2. The van der Waals surface area contributed by atoms with E-state index in [0.29, 0.717) is 11.3 Å². The van der Waals surface area contributed by atoms with E-state index in [-0.39, 0.29) is 24.1 Å². The molecule has 0 fully saturated rings. The molecule has 5 nitrogen and oxygen atoms in total. The topological polar surface area (TPSA) is 81.4 Å². The lowest BCUT2D eigenvalue weighted by atomic mass is 10.1. The Bertz CT molecular complexity index is 1080. The predicted molar refractivity (Wildman–Crippen MR) is 112 cm³/mol. The van der Waals surface area contributed by atoms with Crippen LogP contribution in [0, 0.1) is 0 Å². The molecular weight excluding hydrogens is 429 g/mol. The molecule has 1 unspecified atom stereocenters. The highest BCUT2D eigenvalue weighted by Crippen LogP contribution is 2.34. The van der Waals surface area contributed by atoms with Crippen LogP contribution in [0.15, 0.2) is 60.7 Å². The van der Waals surface area contributed by atoms with Crippen LogP contribution in [0.1, 0.15) is 33.8 Å². The Morgan fingerprint density at radius 2 is 1.81 bits per heavy atom. The molecule has 0 spiro atoms. The molecule has 1 heterocycles. The molecule has 0 aliphatic carbocycles. The first kappa shape index (κ1) is 22.4. The van der Waals surface area contributed by atoms with Crippen LogP contribution in [0.25, 0.3) is 10.4 Å². The number of amides is 2. The monoisotopic (exact) mass is 448 g/mol. The molecule has 3 N–H and O–H groups in total. The zero-order chi connectivity index (χ0) is 22.6. The van der Waals surface area contributed by atoms with Crippen LogP contribution in [0.4, 0.5) is 13.2 Å². The van der Waals surface area contributed by atoms with Crippen LogP contribution >= 0.6 is 11.3 Å². The van der Waals surface area contributed by atoms with Crippen LogP contribution in [0.2, 0.25) is 0 Å². The first-order valence-electron chi connectivity index (χ1n) is 9.23. The molecule has 3 aromatic rings. The van der Waals surface area contributed by atoms with E-state index in [0.717, 1.165) is 21.9 Å². The van der Waals surface area contributed by atoms with Gasteiger partial charge in [-0.1, -0.05) is 18.2 Å². The van der Waals surface area contributed by atoms with E-state index < -0.39 is 17.6 Å². The Balaban J connectivity index is 1.58. The van der Waals surface area contributed by atoms with Crippen molar-refractivity contribution in [1.29, 1.82) is 0 Å². The van der Waals surface area contributed by atoms with Gasteiger partial charge in [-0.3, -0.25) is 9.59 Å². The Hall–Kier alpha value is -3.33. The quantitative estimate of drug-likeness (QED) is 0.545. The summed E-state index contributed by atoms with van der Waals surface area (Å²) >= 11 is 1.38. The number of hydrogen-bond donors (Lipinski definition) is 2. The van der Waals surface area contributed by atoms with Gasteiger partial charge in [0.25, 0.3) is 5.91 Å². The van der Waals surface area contributed by atoms with Gasteiger partial charge in [0.2, 0.25) is 5.91 Å². The molecule has 0 aliphatic rings. The number of alkyl halides is 3. The fourth-order valence-electron chi connectivity index (χ4n) is 2.81. The van der Waals surface area contributed by atoms with Crippen molar-refractivity contribution >= 4 is 23.2 Å². The molecule has 0 saturated heterocycles. The Morgan fingerprint density at radius 1 is 1.10 bits per heavy atom. The highest BCUT2D eigenvalue weighted by atomic mass is 32.1. The molecule has 1 atom stereocenters. The molecule has 2 amide bonds. The standard InChI is InChI=1S/C22H19F3N2O3S/c1-13(27-20(28)12-30-17-4-2-3-15(11-17)21(26)29)18-9-10-19(31-18)14-5-7-16(8-6-14)22(23,24)25/h2-11,13H,12H2,1H3,(H2,26,29)(H,27,28). The van der Waals surface area contributed by atoms with Crippen molar-refractivity contribution in [3.8, 4) is 16.2 Å². The number of rotatable bonds is 7. The van der Waals surface area contributed by atoms with E-state index in [4.69, 9.17) is 10.5 Å². The zero-order valence-corrected chi connectivity index (χ0v) is 17.2. The van der Waals surface area contributed by atoms with E-state index in [1.807, 2.05) is 6.07 Å². The van der Waals surface area contributed by atoms with Gasteiger partial charge in [-0.15, -0.1) is 11.3 Å². The summed E-state index contributed by atoms with van der Waals surface area (Å²) in [5.41, 5.74) is 5.46. The second kappa shape index (κ2) is 9.22. The maximum atomic E-state index is 12.7. The van der Waals surface area contributed by atoms with Crippen LogP contribution in [0.3, 0.4) is 0 Å². The number of nitrogens with one attached hydrogen (secondary N) is 1. The van der Waals surface area contributed by atoms with Crippen LogP contribution < -0.4 is 15.8 Å². The van der Waals surface area contributed by atoms with Gasteiger partial charge in [0.15, 0.2) is 6.61 Å². The molecule has 0 saturated carbocycles. The number of ether oxygens (including phenoxy) is 1. The smallest absolute Gasteiger partial charge is 0.416 e. The van der Waals surface area contributed by atoms with E-state index in [1.165, 1.54) is 29.5 Å². The minimum absolute atomic E-state index is 0.246. The lowest BCUT2D eigenvalue weighted by Crippen LogP contribution is -2.30. The number of primary amides is 1. The molecule has 3 rings (SSSR count). The second-order valence-corrected chi connectivity index (χ2v) is 7.86. The van der Waals surface area contributed by atoms with Crippen LogP contribution in [-0.4, -0.2) is 18.4 Å². The number of benzene rings is 2. The molecule has 31 heavy (non-hydrogen) atoms. The number of nitrogens with two attached hydrogens (primary N) is 1. The third-order valence-electron chi connectivity index (χ3n) is 4.42. The molecule has 0 radical (unpaired) electrons. The van der Waals surface area contributed by atoms with E-state index >= 15 is 0 Å². The number of hydrogen-bond acceptors (Lipinski definition) is 4.